The number of halogens is 5. The molecule has 0 aliphatic rings. The van der Waals surface area contributed by atoms with Gasteiger partial charge in [0.05, 0.1) is 0 Å². The fourth-order valence-corrected chi connectivity index (χ4v) is 2.66. The molecule has 0 aromatic heterocycles. The van der Waals surface area contributed by atoms with Gasteiger partial charge in [-0.15, -0.1) is 11.8 Å². The number of hydrogen-bond donors (Lipinski definition) is 1. The lowest BCUT2D eigenvalue weighted by Crippen LogP contribution is -2.06. The highest BCUT2D eigenvalue weighted by Crippen LogP contribution is 2.30. The van der Waals surface area contributed by atoms with Gasteiger partial charge < -0.3 is 5.73 Å². The minimum Gasteiger partial charge on any atom is -0.399 e. The van der Waals surface area contributed by atoms with Crippen LogP contribution >= 0.6 is 11.8 Å². The molecule has 0 saturated heterocycles. The Kier molecular flexibility index (Phi) is 4.41. The Morgan fingerprint density at radius 1 is 0.905 bits per heavy atom. The molecule has 0 spiro atoms. The number of aryl methyl sites for hydroxylation is 1. The monoisotopic (exact) mass is 319 g/mol. The van der Waals surface area contributed by atoms with Gasteiger partial charge in [0.25, 0.3) is 0 Å². The molecule has 0 aliphatic carbocycles. The summed E-state index contributed by atoms with van der Waals surface area (Å²) in [5.41, 5.74) is 6.10. The summed E-state index contributed by atoms with van der Waals surface area (Å²) in [7, 11) is 0. The summed E-state index contributed by atoms with van der Waals surface area (Å²) in [5.74, 6) is -10.00. The molecule has 21 heavy (non-hydrogen) atoms. The number of hydrogen-bond acceptors (Lipinski definition) is 2. The third-order valence-electron chi connectivity index (χ3n) is 2.93. The maximum absolute atomic E-state index is 13.5. The van der Waals surface area contributed by atoms with Gasteiger partial charge in [-0.1, -0.05) is 0 Å². The summed E-state index contributed by atoms with van der Waals surface area (Å²) in [6.45, 7) is 1.75. The summed E-state index contributed by atoms with van der Waals surface area (Å²) in [6, 6.07) is 4.89. The Labute approximate surface area is 122 Å². The first-order chi connectivity index (χ1) is 9.82. The van der Waals surface area contributed by atoms with Gasteiger partial charge in [-0.25, -0.2) is 22.0 Å². The Hall–Kier alpha value is -1.76. The van der Waals surface area contributed by atoms with Crippen molar-refractivity contribution in [2.24, 2.45) is 0 Å². The summed E-state index contributed by atoms with van der Waals surface area (Å²) in [6.07, 6.45) is 0. The van der Waals surface area contributed by atoms with Crippen LogP contribution in [-0.2, 0) is 5.75 Å². The number of nitrogens with two attached hydrogens (primary N) is 1. The van der Waals surface area contributed by atoms with Crippen molar-refractivity contribution >= 4 is 17.4 Å². The number of rotatable bonds is 3. The topological polar surface area (TPSA) is 26.0 Å². The van der Waals surface area contributed by atoms with Crippen LogP contribution in [0, 0.1) is 36.0 Å². The first-order valence-corrected chi connectivity index (χ1v) is 6.80. The van der Waals surface area contributed by atoms with E-state index in [0.717, 1.165) is 17.3 Å². The molecule has 0 aliphatic heterocycles. The molecule has 0 bridgehead atoms. The van der Waals surface area contributed by atoms with Crippen LogP contribution in [0.4, 0.5) is 27.6 Å². The molecule has 112 valence electrons. The maximum atomic E-state index is 13.5. The van der Waals surface area contributed by atoms with Crippen molar-refractivity contribution in [1.29, 1.82) is 0 Å². The van der Waals surface area contributed by atoms with E-state index >= 15 is 0 Å². The second-order valence-corrected chi connectivity index (χ2v) is 5.40. The van der Waals surface area contributed by atoms with Gasteiger partial charge in [0.1, 0.15) is 0 Å². The lowest BCUT2D eigenvalue weighted by molar-refractivity contribution is 0.372. The van der Waals surface area contributed by atoms with Crippen LogP contribution in [0.15, 0.2) is 23.1 Å². The first-order valence-electron chi connectivity index (χ1n) is 5.82. The van der Waals surface area contributed by atoms with E-state index in [1.54, 1.807) is 25.1 Å². The highest BCUT2D eigenvalue weighted by molar-refractivity contribution is 7.98. The first kappa shape index (κ1) is 15.6. The van der Waals surface area contributed by atoms with E-state index in [4.69, 9.17) is 5.73 Å². The molecule has 0 amide bonds. The maximum Gasteiger partial charge on any atom is 0.200 e. The van der Waals surface area contributed by atoms with Crippen LogP contribution in [0.25, 0.3) is 0 Å². The van der Waals surface area contributed by atoms with Gasteiger partial charge in [0.2, 0.25) is 5.82 Å². The standard InChI is InChI=1S/C14H10F5NS/c1-6-4-7(2-3-9(6)20)21-5-8-10(15)12(17)14(19)13(18)11(8)16/h2-4H,5,20H2,1H3. The molecule has 0 atom stereocenters. The molecule has 0 heterocycles. The van der Waals surface area contributed by atoms with E-state index in [1.165, 1.54) is 0 Å². The van der Waals surface area contributed by atoms with Gasteiger partial charge in [0.15, 0.2) is 23.3 Å². The summed E-state index contributed by atoms with van der Waals surface area (Å²) in [4.78, 5) is 0.616. The lowest BCUT2D eigenvalue weighted by atomic mass is 10.2. The second kappa shape index (κ2) is 5.93. The van der Waals surface area contributed by atoms with Crippen LogP contribution in [0.2, 0.25) is 0 Å². The molecular weight excluding hydrogens is 309 g/mol. The molecule has 2 aromatic carbocycles. The van der Waals surface area contributed by atoms with Crippen molar-refractivity contribution in [1.82, 2.24) is 0 Å². The third kappa shape index (κ3) is 2.97. The smallest absolute Gasteiger partial charge is 0.200 e. The predicted octanol–water partition coefficient (Wildman–Crippen LogP) is 4.57. The number of anilines is 1. The fourth-order valence-electron chi connectivity index (χ4n) is 1.67. The van der Waals surface area contributed by atoms with Gasteiger partial charge >= 0.3 is 0 Å². The molecule has 1 nitrogen and oxygen atoms in total. The van der Waals surface area contributed by atoms with Gasteiger partial charge in [-0.2, -0.15) is 0 Å². The zero-order chi connectivity index (χ0) is 15.7. The Morgan fingerprint density at radius 2 is 1.43 bits per heavy atom. The predicted molar refractivity (Wildman–Crippen MR) is 71.4 cm³/mol. The average molecular weight is 319 g/mol. The Morgan fingerprint density at radius 3 is 1.95 bits per heavy atom. The minimum atomic E-state index is -2.15. The van der Waals surface area contributed by atoms with Crippen molar-refractivity contribution in [3.05, 3.63) is 58.4 Å². The molecule has 0 radical (unpaired) electrons. The van der Waals surface area contributed by atoms with E-state index in [2.05, 4.69) is 0 Å². The van der Waals surface area contributed by atoms with Crippen molar-refractivity contribution < 1.29 is 22.0 Å². The van der Waals surface area contributed by atoms with Gasteiger partial charge in [-0.05, 0) is 30.7 Å². The Balaban J connectivity index is 2.30. The van der Waals surface area contributed by atoms with Crippen LogP contribution in [-0.4, -0.2) is 0 Å². The zero-order valence-electron chi connectivity index (χ0n) is 10.8. The lowest BCUT2D eigenvalue weighted by Gasteiger charge is -2.09. The summed E-state index contributed by atoms with van der Waals surface area (Å²) >= 11 is 0.957. The molecule has 0 unspecified atom stereocenters. The molecule has 7 heteroatoms. The van der Waals surface area contributed by atoms with E-state index < -0.39 is 34.6 Å². The van der Waals surface area contributed by atoms with Gasteiger partial charge in [-0.3, -0.25) is 0 Å². The highest BCUT2D eigenvalue weighted by atomic mass is 32.2. The van der Waals surface area contributed by atoms with Crippen LogP contribution in [0.5, 0.6) is 0 Å². The number of thioether (sulfide) groups is 1. The van der Waals surface area contributed by atoms with E-state index in [1.807, 2.05) is 0 Å². The minimum absolute atomic E-state index is 0.380. The second-order valence-electron chi connectivity index (χ2n) is 4.36. The van der Waals surface area contributed by atoms with Crippen LogP contribution in [0.3, 0.4) is 0 Å². The molecular formula is C14H10F5NS. The molecule has 0 saturated carbocycles. The van der Waals surface area contributed by atoms with Crippen molar-refractivity contribution in [2.45, 2.75) is 17.6 Å². The van der Waals surface area contributed by atoms with E-state index in [0.29, 0.717) is 10.6 Å². The molecule has 2 rings (SSSR count). The van der Waals surface area contributed by atoms with Crippen molar-refractivity contribution in [3.8, 4) is 0 Å². The molecule has 0 fully saturated rings. The van der Waals surface area contributed by atoms with E-state index in [-0.39, 0.29) is 5.75 Å². The summed E-state index contributed by atoms with van der Waals surface area (Å²) < 4.78 is 66.0. The largest absolute Gasteiger partial charge is 0.399 e. The summed E-state index contributed by atoms with van der Waals surface area (Å²) in [5, 5.41) is 0. The normalized spacial score (nSPS) is 11.0. The van der Waals surface area contributed by atoms with Crippen LogP contribution in [0.1, 0.15) is 11.1 Å². The Bertz CT molecular complexity index is 673. The quantitative estimate of drug-likeness (QED) is 0.295. The fraction of sp³-hybridized carbons (Fsp3) is 0.143. The van der Waals surface area contributed by atoms with E-state index in [9.17, 15) is 22.0 Å². The SMILES string of the molecule is Cc1cc(SCc2c(F)c(F)c(F)c(F)c2F)ccc1N. The van der Waals surface area contributed by atoms with Crippen LogP contribution < -0.4 is 5.73 Å². The molecule has 2 aromatic rings. The average Bonchev–Trinajstić information content (AvgIpc) is 2.46. The molecule has 2 N–H and O–H groups in total. The number of benzene rings is 2. The van der Waals surface area contributed by atoms with Crippen molar-refractivity contribution in [3.63, 3.8) is 0 Å². The highest BCUT2D eigenvalue weighted by Gasteiger charge is 2.25. The van der Waals surface area contributed by atoms with Gasteiger partial charge in [0, 0.05) is 21.9 Å². The van der Waals surface area contributed by atoms with Crippen molar-refractivity contribution in [2.75, 3.05) is 5.73 Å². The third-order valence-corrected chi connectivity index (χ3v) is 3.95. The number of nitrogen functional groups attached to an aromatic ring is 1. The zero-order valence-corrected chi connectivity index (χ0v) is 11.6.